The topological polar surface area (TPSA) is 78.4 Å². The lowest BCUT2D eigenvalue weighted by Crippen LogP contribution is -2.44. The summed E-state index contributed by atoms with van der Waals surface area (Å²) >= 11 is 0. The number of aryl methyl sites for hydroxylation is 1. The smallest absolute Gasteiger partial charge is 0.259 e. The molecule has 0 bridgehead atoms. The van der Waals surface area contributed by atoms with Crippen LogP contribution in [0.4, 0.5) is 5.69 Å². The number of aromatic nitrogens is 2. The fourth-order valence-electron chi connectivity index (χ4n) is 3.98. The van der Waals surface area contributed by atoms with Crippen molar-refractivity contribution in [2.75, 3.05) is 31.5 Å². The Morgan fingerprint density at radius 3 is 2.60 bits per heavy atom. The zero-order valence-electron chi connectivity index (χ0n) is 18.1. The van der Waals surface area contributed by atoms with Crippen molar-refractivity contribution in [2.45, 2.75) is 46.1 Å². The Kier molecular flexibility index (Phi) is 7.52. The van der Waals surface area contributed by atoms with Gasteiger partial charge in [0.25, 0.3) is 5.91 Å². The highest BCUT2D eigenvalue weighted by atomic mass is 16.2. The summed E-state index contributed by atoms with van der Waals surface area (Å²) in [4.78, 5) is 38.7. The van der Waals surface area contributed by atoms with Gasteiger partial charge in [-0.2, -0.15) is 0 Å². The highest BCUT2D eigenvalue weighted by Gasteiger charge is 2.31. The standard InChI is InChI=1S/C23H31N5O2/c1-4-27(5-2)21(29)16-28-14-10-9-13-20(28)22-19(15-24-17(3)25-22)23(30)26-18-11-7-6-8-12-18/h6-8,11-12,15,20H,4-5,9-10,13-14,16H2,1-3H3,(H,26,30). The molecule has 30 heavy (non-hydrogen) atoms. The molecule has 1 aliphatic heterocycles. The van der Waals surface area contributed by atoms with Crippen LogP contribution in [0.25, 0.3) is 0 Å². The number of nitrogens with one attached hydrogen (secondary N) is 1. The van der Waals surface area contributed by atoms with E-state index in [0.29, 0.717) is 36.7 Å². The monoisotopic (exact) mass is 409 g/mol. The van der Waals surface area contributed by atoms with Gasteiger partial charge in [-0.15, -0.1) is 0 Å². The van der Waals surface area contributed by atoms with Gasteiger partial charge in [0.1, 0.15) is 5.82 Å². The number of likely N-dealkylation sites (tertiary alicyclic amines) is 1. The number of amides is 2. The number of nitrogens with zero attached hydrogens (tertiary/aromatic N) is 4. The van der Waals surface area contributed by atoms with Crippen LogP contribution >= 0.6 is 0 Å². The van der Waals surface area contributed by atoms with E-state index in [4.69, 9.17) is 0 Å². The van der Waals surface area contributed by atoms with Crippen LogP contribution in [-0.2, 0) is 4.79 Å². The van der Waals surface area contributed by atoms with Gasteiger partial charge in [-0.3, -0.25) is 14.5 Å². The number of anilines is 1. The summed E-state index contributed by atoms with van der Waals surface area (Å²) < 4.78 is 0. The first-order valence-electron chi connectivity index (χ1n) is 10.7. The fourth-order valence-corrected chi connectivity index (χ4v) is 3.98. The molecular weight excluding hydrogens is 378 g/mol. The molecule has 1 saturated heterocycles. The second-order valence-electron chi connectivity index (χ2n) is 7.58. The molecule has 1 aliphatic rings. The Bertz CT molecular complexity index is 867. The molecule has 0 saturated carbocycles. The van der Waals surface area contributed by atoms with Crippen molar-refractivity contribution in [1.29, 1.82) is 0 Å². The van der Waals surface area contributed by atoms with Crippen LogP contribution in [-0.4, -0.2) is 57.8 Å². The maximum atomic E-state index is 13.0. The molecule has 2 aromatic rings. The number of carbonyl (C=O) groups is 2. The van der Waals surface area contributed by atoms with Gasteiger partial charge in [0.2, 0.25) is 5.91 Å². The Morgan fingerprint density at radius 2 is 1.90 bits per heavy atom. The Balaban J connectivity index is 1.87. The maximum Gasteiger partial charge on any atom is 0.259 e. The second-order valence-corrected chi connectivity index (χ2v) is 7.58. The highest BCUT2D eigenvalue weighted by molar-refractivity contribution is 6.04. The van der Waals surface area contributed by atoms with E-state index in [1.54, 1.807) is 6.20 Å². The average Bonchev–Trinajstić information content (AvgIpc) is 2.75. The third-order valence-electron chi connectivity index (χ3n) is 5.60. The normalized spacial score (nSPS) is 16.8. The third kappa shape index (κ3) is 5.21. The minimum atomic E-state index is -0.225. The van der Waals surface area contributed by atoms with Crippen molar-refractivity contribution in [1.82, 2.24) is 19.8 Å². The van der Waals surface area contributed by atoms with E-state index in [1.807, 2.05) is 56.0 Å². The van der Waals surface area contributed by atoms with E-state index in [-0.39, 0.29) is 17.9 Å². The van der Waals surface area contributed by atoms with E-state index in [9.17, 15) is 9.59 Å². The summed E-state index contributed by atoms with van der Waals surface area (Å²) in [6.07, 6.45) is 4.56. The summed E-state index contributed by atoms with van der Waals surface area (Å²) in [5.41, 5.74) is 1.91. The molecule has 1 atom stereocenters. The molecule has 7 heteroatoms. The lowest BCUT2D eigenvalue weighted by atomic mass is 9.96. The molecule has 1 aromatic carbocycles. The second kappa shape index (κ2) is 10.3. The third-order valence-corrected chi connectivity index (χ3v) is 5.60. The molecule has 1 fully saturated rings. The van der Waals surface area contributed by atoms with Crippen molar-refractivity contribution in [3.05, 3.63) is 53.6 Å². The molecule has 1 unspecified atom stereocenters. The van der Waals surface area contributed by atoms with Crippen molar-refractivity contribution < 1.29 is 9.59 Å². The Hall–Kier alpha value is -2.80. The van der Waals surface area contributed by atoms with E-state index in [2.05, 4.69) is 20.2 Å². The number of hydrogen-bond acceptors (Lipinski definition) is 5. The molecule has 7 nitrogen and oxygen atoms in total. The molecule has 0 spiro atoms. The summed E-state index contributed by atoms with van der Waals surface area (Å²) in [6.45, 7) is 8.38. The first kappa shape index (κ1) is 21.9. The zero-order chi connectivity index (χ0) is 21.5. The predicted molar refractivity (Wildman–Crippen MR) is 117 cm³/mol. The molecule has 3 rings (SSSR count). The number of hydrogen-bond donors (Lipinski definition) is 1. The van der Waals surface area contributed by atoms with Crippen LogP contribution in [0.5, 0.6) is 0 Å². The summed E-state index contributed by atoms with van der Waals surface area (Å²) in [5.74, 6) is 0.520. The van der Waals surface area contributed by atoms with E-state index >= 15 is 0 Å². The molecule has 0 radical (unpaired) electrons. The largest absolute Gasteiger partial charge is 0.342 e. The van der Waals surface area contributed by atoms with Crippen LogP contribution in [0.15, 0.2) is 36.5 Å². The van der Waals surface area contributed by atoms with Crippen LogP contribution in [0.1, 0.15) is 61.0 Å². The number of likely N-dealkylation sites (N-methyl/N-ethyl adjacent to an activating group) is 1. The van der Waals surface area contributed by atoms with Crippen molar-refractivity contribution in [2.24, 2.45) is 0 Å². The number of benzene rings is 1. The van der Waals surface area contributed by atoms with Gasteiger partial charge >= 0.3 is 0 Å². The summed E-state index contributed by atoms with van der Waals surface area (Å²) in [7, 11) is 0. The van der Waals surface area contributed by atoms with Crippen LogP contribution in [0.3, 0.4) is 0 Å². The Morgan fingerprint density at radius 1 is 1.17 bits per heavy atom. The molecule has 1 N–H and O–H groups in total. The number of para-hydroxylation sites is 1. The van der Waals surface area contributed by atoms with Crippen LogP contribution < -0.4 is 5.32 Å². The van der Waals surface area contributed by atoms with E-state index in [0.717, 1.165) is 31.5 Å². The molecule has 160 valence electrons. The van der Waals surface area contributed by atoms with Gasteiger partial charge < -0.3 is 10.2 Å². The van der Waals surface area contributed by atoms with Crippen molar-refractivity contribution in [3.8, 4) is 0 Å². The molecular formula is C23H31N5O2. The maximum absolute atomic E-state index is 13.0. The predicted octanol–water partition coefficient (Wildman–Crippen LogP) is 3.43. The van der Waals surface area contributed by atoms with Gasteiger partial charge in [0, 0.05) is 25.0 Å². The number of carbonyl (C=O) groups excluding carboxylic acids is 2. The minimum absolute atomic E-state index is 0.0727. The molecule has 2 heterocycles. The van der Waals surface area contributed by atoms with Crippen molar-refractivity contribution >= 4 is 17.5 Å². The van der Waals surface area contributed by atoms with E-state index in [1.165, 1.54) is 0 Å². The van der Waals surface area contributed by atoms with E-state index < -0.39 is 0 Å². The SMILES string of the molecule is CCN(CC)C(=O)CN1CCCCC1c1nc(C)ncc1C(=O)Nc1ccccc1. The minimum Gasteiger partial charge on any atom is -0.342 e. The lowest BCUT2D eigenvalue weighted by Gasteiger charge is -2.36. The first-order valence-corrected chi connectivity index (χ1v) is 10.7. The Labute approximate surface area is 178 Å². The quantitative estimate of drug-likeness (QED) is 0.758. The molecule has 1 aromatic heterocycles. The number of rotatable bonds is 7. The average molecular weight is 410 g/mol. The zero-order valence-corrected chi connectivity index (χ0v) is 18.1. The number of piperidine rings is 1. The lowest BCUT2D eigenvalue weighted by molar-refractivity contribution is -0.133. The fraction of sp³-hybridized carbons (Fsp3) is 0.478. The molecule has 0 aliphatic carbocycles. The van der Waals surface area contributed by atoms with Crippen LogP contribution in [0.2, 0.25) is 0 Å². The molecule has 2 amide bonds. The van der Waals surface area contributed by atoms with Gasteiger partial charge in [-0.25, -0.2) is 9.97 Å². The van der Waals surface area contributed by atoms with Gasteiger partial charge in [-0.1, -0.05) is 24.6 Å². The first-order chi connectivity index (χ1) is 14.5. The van der Waals surface area contributed by atoms with Crippen molar-refractivity contribution in [3.63, 3.8) is 0 Å². The van der Waals surface area contributed by atoms with Gasteiger partial charge in [0.15, 0.2) is 0 Å². The summed E-state index contributed by atoms with van der Waals surface area (Å²) in [5, 5.41) is 2.94. The highest BCUT2D eigenvalue weighted by Crippen LogP contribution is 2.32. The van der Waals surface area contributed by atoms with Gasteiger partial charge in [-0.05, 0) is 52.3 Å². The van der Waals surface area contributed by atoms with Crippen LogP contribution in [0, 0.1) is 6.92 Å². The summed E-state index contributed by atoms with van der Waals surface area (Å²) in [6, 6.07) is 9.29. The van der Waals surface area contributed by atoms with Gasteiger partial charge in [0.05, 0.1) is 23.8 Å².